The summed E-state index contributed by atoms with van der Waals surface area (Å²) >= 11 is 2.62. The van der Waals surface area contributed by atoms with Crippen molar-refractivity contribution in [1.82, 2.24) is 25.2 Å². The maximum atomic E-state index is 13.1. The third-order valence-corrected chi connectivity index (χ3v) is 6.21. The number of thiazole rings is 1. The zero-order valence-electron chi connectivity index (χ0n) is 16.8. The molecule has 10 heteroatoms. The van der Waals surface area contributed by atoms with Gasteiger partial charge in [-0.1, -0.05) is 23.9 Å². The third kappa shape index (κ3) is 5.15. The minimum atomic E-state index is -0.392. The molecule has 4 rings (SSSR count). The number of ether oxygens (including phenoxy) is 1. The summed E-state index contributed by atoms with van der Waals surface area (Å²) in [6.07, 6.45) is 0. The van der Waals surface area contributed by atoms with Gasteiger partial charge in [-0.05, 0) is 65.7 Å². The lowest BCUT2D eigenvalue weighted by molar-refractivity contribution is -0.141. The van der Waals surface area contributed by atoms with E-state index in [0.29, 0.717) is 10.9 Å². The number of hydrogen-bond acceptors (Lipinski definition) is 8. The van der Waals surface area contributed by atoms with Crippen molar-refractivity contribution in [2.24, 2.45) is 0 Å². The van der Waals surface area contributed by atoms with Crippen LogP contribution in [0.4, 0.5) is 4.39 Å². The summed E-state index contributed by atoms with van der Waals surface area (Å²) < 4.78 is 20.0. The van der Waals surface area contributed by atoms with E-state index in [-0.39, 0.29) is 18.2 Å². The second kappa shape index (κ2) is 9.36. The number of benzene rings is 2. The van der Waals surface area contributed by atoms with Crippen LogP contribution in [0.15, 0.2) is 53.0 Å². The van der Waals surface area contributed by atoms with E-state index >= 15 is 0 Å². The molecular formula is C21H18FN5O2S2. The Bertz CT molecular complexity index is 1210. The molecule has 0 radical (unpaired) electrons. The molecule has 0 saturated heterocycles. The molecule has 31 heavy (non-hydrogen) atoms. The highest BCUT2D eigenvalue weighted by atomic mass is 32.2. The lowest BCUT2D eigenvalue weighted by Crippen LogP contribution is -2.09. The van der Waals surface area contributed by atoms with Gasteiger partial charge in [0.2, 0.25) is 5.16 Å². The predicted octanol–water partition coefficient (Wildman–Crippen LogP) is 4.38. The normalized spacial score (nSPS) is 10.9. The molecular weight excluding hydrogens is 437 g/mol. The molecule has 4 aromatic rings. The lowest BCUT2D eigenvalue weighted by Gasteiger charge is -2.08. The summed E-state index contributed by atoms with van der Waals surface area (Å²) in [5.41, 5.74) is 4.45. The van der Waals surface area contributed by atoms with Gasteiger partial charge in [0.15, 0.2) is 0 Å². The standard InChI is InChI=1S/C21H18FN5O2S2/c1-13-3-4-14(2)18(9-13)27-21(24-25-26-27)31-12-19(28)29-10-17-11-30-20(23-17)15-5-7-16(22)8-6-15/h3-9,11H,10,12H2,1-2H3. The van der Waals surface area contributed by atoms with Gasteiger partial charge in [-0.15, -0.1) is 16.4 Å². The van der Waals surface area contributed by atoms with Gasteiger partial charge < -0.3 is 4.74 Å². The number of aromatic nitrogens is 5. The molecule has 0 saturated carbocycles. The van der Waals surface area contributed by atoms with Crippen molar-refractivity contribution in [3.63, 3.8) is 0 Å². The van der Waals surface area contributed by atoms with Crippen molar-refractivity contribution in [3.8, 4) is 16.3 Å². The van der Waals surface area contributed by atoms with E-state index in [1.165, 1.54) is 35.2 Å². The van der Waals surface area contributed by atoms with Crippen molar-refractivity contribution in [2.75, 3.05) is 5.75 Å². The summed E-state index contributed by atoms with van der Waals surface area (Å²) in [6, 6.07) is 12.1. The average molecular weight is 456 g/mol. The minimum Gasteiger partial charge on any atom is -0.459 e. The Labute approximate surface area is 186 Å². The molecule has 2 heterocycles. The van der Waals surface area contributed by atoms with E-state index in [4.69, 9.17) is 4.74 Å². The van der Waals surface area contributed by atoms with Crippen LogP contribution in [-0.2, 0) is 16.1 Å². The second-order valence-electron chi connectivity index (χ2n) is 6.76. The molecule has 2 aromatic heterocycles. The number of nitrogens with zero attached hydrogens (tertiary/aromatic N) is 5. The summed E-state index contributed by atoms with van der Waals surface area (Å²) in [7, 11) is 0. The number of thioether (sulfide) groups is 1. The van der Waals surface area contributed by atoms with E-state index in [1.54, 1.807) is 16.8 Å². The van der Waals surface area contributed by atoms with Crippen LogP contribution in [0, 0.1) is 19.7 Å². The predicted molar refractivity (Wildman–Crippen MR) is 117 cm³/mol. The maximum absolute atomic E-state index is 13.1. The van der Waals surface area contributed by atoms with Gasteiger partial charge in [-0.3, -0.25) is 4.79 Å². The van der Waals surface area contributed by atoms with E-state index < -0.39 is 5.97 Å². The Hall–Kier alpha value is -3.11. The summed E-state index contributed by atoms with van der Waals surface area (Å²) in [5, 5.41) is 14.9. The van der Waals surface area contributed by atoms with Crippen molar-refractivity contribution in [1.29, 1.82) is 0 Å². The van der Waals surface area contributed by atoms with E-state index in [2.05, 4.69) is 20.5 Å². The fraction of sp³-hybridized carbons (Fsp3) is 0.190. The van der Waals surface area contributed by atoms with Crippen LogP contribution in [0.2, 0.25) is 0 Å². The number of rotatable bonds is 7. The first-order valence-corrected chi connectivity index (χ1v) is 11.2. The molecule has 0 fully saturated rings. The maximum Gasteiger partial charge on any atom is 0.316 e. The highest BCUT2D eigenvalue weighted by molar-refractivity contribution is 7.99. The van der Waals surface area contributed by atoms with Crippen LogP contribution in [0.5, 0.6) is 0 Å². The molecule has 0 spiro atoms. The topological polar surface area (TPSA) is 82.8 Å². The largest absolute Gasteiger partial charge is 0.459 e. The van der Waals surface area contributed by atoms with Gasteiger partial charge in [0.1, 0.15) is 17.4 Å². The average Bonchev–Trinajstić information content (AvgIpc) is 3.42. The molecule has 7 nitrogen and oxygen atoms in total. The minimum absolute atomic E-state index is 0.0685. The fourth-order valence-electron chi connectivity index (χ4n) is 2.79. The highest BCUT2D eigenvalue weighted by Gasteiger charge is 2.14. The van der Waals surface area contributed by atoms with Gasteiger partial charge in [0.05, 0.1) is 17.1 Å². The number of halogens is 1. The van der Waals surface area contributed by atoms with Gasteiger partial charge in [0.25, 0.3) is 0 Å². The van der Waals surface area contributed by atoms with Crippen LogP contribution in [0.25, 0.3) is 16.3 Å². The van der Waals surface area contributed by atoms with Crippen LogP contribution in [0.3, 0.4) is 0 Å². The lowest BCUT2D eigenvalue weighted by atomic mass is 10.1. The number of tetrazole rings is 1. The van der Waals surface area contributed by atoms with E-state index in [1.807, 2.05) is 37.4 Å². The second-order valence-corrected chi connectivity index (χ2v) is 8.56. The first kappa shape index (κ1) is 21.1. The zero-order chi connectivity index (χ0) is 21.8. The molecule has 0 aliphatic carbocycles. The fourth-order valence-corrected chi connectivity index (χ4v) is 4.28. The van der Waals surface area contributed by atoms with Crippen molar-refractivity contribution >= 4 is 29.1 Å². The Morgan fingerprint density at radius 1 is 1.19 bits per heavy atom. The zero-order valence-corrected chi connectivity index (χ0v) is 18.4. The Kier molecular flexibility index (Phi) is 6.38. The van der Waals surface area contributed by atoms with Crippen LogP contribution < -0.4 is 0 Å². The van der Waals surface area contributed by atoms with Gasteiger partial charge in [0, 0.05) is 10.9 Å². The van der Waals surface area contributed by atoms with Crippen molar-refractivity contribution in [2.45, 2.75) is 25.6 Å². The van der Waals surface area contributed by atoms with Crippen LogP contribution >= 0.6 is 23.1 Å². The Morgan fingerprint density at radius 2 is 2.00 bits per heavy atom. The molecule has 0 aliphatic heterocycles. The monoisotopic (exact) mass is 455 g/mol. The molecule has 0 amide bonds. The van der Waals surface area contributed by atoms with Gasteiger partial charge in [-0.2, -0.15) is 4.68 Å². The third-order valence-electron chi connectivity index (χ3n) is 4.38. The SMILES string of the molecule is Cc1ccc(C)c(-n2nnnc2SCC(=O)OCc2csc(-c3ccc(F)cc3)n2)c1. The molecule has 0 atom stereocenters. The molecule has 0 bridgehead atoms. The quantitative estimate of drug-likeness (QED) is 0.302. The molecule has 0 unspecified atom stereocenters. The van der Waals surface area contributed by atoms with Gasteiger partial charge >= 0.3 is 5.97 Å². The Balaban J connectivity index is 1.33. The highest BCUT2D eigenvalue weighted by Crippen LogP contribution is 2.25. The molecule has 158 valence electrons. The first-order chi connectivity index (χ1) is 15.0. The van der Waals surface area contributed by atoms with E-state index in [9.17, 15) is 9.18 Å². The van der Waals surface area contributed by atoms with E-state index in [0.717, 1.165) is 27.4 Å². The summed E-state index contributed by atoms with van der Waals surface area (Å²) in [4.78, 5) is 16.6. The Morgan fingerprint density at radius 3 is 2.81 bits per heavy atom. The molecule has 0 N–H and O–H groups in total. The number of aryl methyl sites for hydroxylation is 2. The van der Waals surface area contributed by atoms with Crippen LogP contribution in [0.1, 0.15) is 16.8 Å². The summed E-state index contributed by atoms with van der Waals surface area (Å²) in [6.45, 7) is 4.05. The molecule has 0 aliphatic rings. The summed E-state index contributed by atoms with van der Waals surface area (Å²) in [5.74, 6) is -0.618. The molecule has 2 aromatic carbocycles. The number of hydrogen-bond donors (Lipinski definition) is 0. The van der Waals surface area contributed by atoms with Crippen LogP contribution in [-0.4, -0.2) is 36.9 Å². The van der Waals surface area contributed by atoms with Crippen molar-refractivity contribution < 1.29 is 13.9 Å². The first-order valence-electron chi connectivity index (χ1n) is 9.34. The van der Waals surface area contributed by atoms with Crippen molar-refractivity contribution in [3.05, 3.63) is 70.5 Å². The van der Waals surface area contributed by atoms with Gasteiger partial charge in [-0.25, -0.2) is 9.37 Å². The number of carbonyl (C=O) groups excluding carboxylic acids is 1. The number of carbonyl (C=O) groups is 1. The number of esters is 1. The smallest absolute Gasteiger partial charge is 0.316 e.